The maximum absolute atomic E-state index is 11.3. The highest BCUT2D eigenvalue weighted by atomic mass is 16.5. The molecule has 0 saturated carbocycles. The van der Waals surface area contributed by atoms with Gasteiger partial charge in [0.2, 0.25) is 0 Å². The second-order valence-electron chi connectivity index (χ2n) is 3.24. The summed E-state index contributed by atoms with van der Waals surface area (Å²) in [6.07, 6.45) is -0.153. The molecule has 16 heavy (non-hydrogen) atoms. The van der Waals surface area contributed by atoms with Gasteiger partial charge in [0.1, 0.15) is 12.3 Å². The fraction of sp³-hybridized carbons (Fsp3) is 0.556. The Morgan fingerprint density at radius 3 is 2.56 bits per heavy atom. The fourth-order valence-corrected chi connectivity index (χ4v) is 1.20. The molecular weight excluding hydrogens is 216 g/mol. The van der Waals surface area contributed by atoms with E-state index in [0.29, 0.717) is 0 Å². The molecule has 1 aromatic rings. The summed E-state index contributed by atoms with van der Waals surface area (Å²) >= 11 is 0. The molecule has 7 heteroatoms. The van der Waals surface area contributed by atoms with E-state index in [0.717, 1.165) is 4.57 Å². The lowest BCUT2D eigenvalue weighted by Gasteiger charge is -2.20. The molecule has 0 aliphatic carbocycles. The van der Waals surface area contributed by atoms with Gasteiger partial charge in [-0.15, -0.1) is 0 Å². The first kappa shape index (κ1) is 12.6. The summed E-state index contributed by atoms with van der Waals surface area (Å²) in [6.45, 7) is 0.871. The van der Waals surface area contributed by atoms with Gasteiger partial charge < -0.3 is 14.9 Å². The Balaban J connectivity index is 2.84. The number of rotatable bonds is 5. The van der Waals surface area contributed by atoms with Crippen molar-refractivity contribution < 1.29 is 14.9 Å². The Morgan fingerprint density at radius 1 is 1.44 bits per heavy atom. The summed E-state index contributed by atoms with van der Waals surface area (Å²) in [4.78, 5) is 24.2. The number of aliphatic hydroxyl groups excluding tert-OH is 2. The zero-order chi connectivity index (χ0) is 12.1. The summed E-state index contributed by atoms with van der Waals surface area (Å²) in [7, 11) is 0. The van der Waals surface area contributed by atoms with Crippen LogP contribution < -0.4 is 11.2 Å². The number of H-pyrrole nitrogens is 1. The van der Waals surface area contributed by atoms with E-state index < -0.39 is 23.6 Å². The minimum absolute atomic E-state index is 0.348. The van der Waals surface area contributed by atoms with E-state index in [9.17, 15) is 9.59 Å². The van der Waals surface area contributed by atoms with Gasteiger partial charge in [0.25, 0.3) is 5.56 Å². The van der Waals surface area contributed by atoms with Crippen LogP contribution in [0.15, 0.2) is 21.9 Å². The molecule has 0 radical (unpaired) electrons. The molecule has 0 spiro atoms. The third-order valence-corrected chi connectivity index (χ3v) is 2.04. The molecule has 1 unspecified atom stereocenters. The first-order valence-electron chi connectivity index (χ1n) is 4.77. The third-order valence-electron chi connectivity index (χ3n) is 2.04. The van der Waals surface area contributed by atoms with Crippen molar-refractivity contribution in [2.75, 3.05) is 13.2 Å². The summed E-state index contributed by atoms with van der Waals surface area (Å²) in [5.41, 5.74) is -1.09. The van der Waals surface area contributed by atoms with Crippen LogP contribution in [0.1, 0.15) is 13.2 Å². The lowest BCUT2D eigenvalue weighted by Crippen LogP contribution is -2.34. The molecule has 0 aliphatic heterocycles. The van der Waals surface area contributed by atoms with Gasteiger partial charge in [-0.1, -0.05) is 0 Å². The van der Waals surface area contributed by atoms with Gasteiger partial charge in [0, 0.05) is 12.3 Å². The molecule has 0 fully saturated rings. The van der Waals surface area contributed by atoms with Crippen LogP contribution in [0.2, 0.25) is 0 Å². The maximum atomic E-state index is 11.3. The summed E-state index contributed by atoms with van der Waals surface area (Å²) in [6, 6.07) is 1.19. The van der Waals surface area contributed by atoms with E-state index in [-0.39, 0.29) is 13.2 Å². The van der Waals surface area contributed by atoms with Gasteiger partial charge in [0.15, 0.2) is 0 Å². The molecule has 7 nitrogen and oxygen atoms in total. The maximum Gasteiger partial charge on any atom is 0.330 e. The second-order valence-corrected chi connectivity index (χ2v) is 3.24. The molecule has 0 amide bonds. The largest absolute Gasteiger partial charge is 0.394 e. The highest BCUT2D eigenvalue weighted by Crippen LogP contribution is 2.06. The monoisotopic (exact) mass is 230 g/mol. The summed E-state index contributed by atoms with van der Waals surface area (Å²) < 4.78 is 6.35. The molecule has 1 rings (SSSR count). The average molecular weight is 230 g/mol. The van der Waals surface area contributed by atoms with Gasteiger partial charge in [-0.25, -0.2) is 4.79 Å². The van der Waals surface area contributed by atoms with Crippen LogP contribution in [-0.4, -0.2) is 39.1 Å². The van der Waals surface area contributed by atoms with E-state index in [1.807, 2.05) is 0 Å². The summed E-state index contributed by atoms with van der Waals surface area (Å²) in [5, 5.41) is 17.6. The standard InChI is InChI=1S/C9H14N2O5/c1-6(16-7(4-12)5-13)11-3-2-8(14)10-9(11)15/h2-3,6-7,12-13H,4-5H2,1H3,(H,10,14,15). The molecule has 1 aromatic heterocycles. The number of nitrogens with zero attached hydrogens (tertiary/aromatic N) is 1. The van der Waals surface area contributed by atoms with Crippen LogP contribution in [0, 0.1) is 0 Å². The Bertz CT molecular complexity index is 434. The number of aliphatic hydroxyl groups is 2. The van der Waals surface area contributed by atoms with Crippen molar-refractivity contribution >= 4 is 0 Å². The molecule has 0 aliphatic rings. The van der Waals surface area contributed by atoms with Crippen molar-refractivity contribution in [1.29, 1.82) is 0 Å². The molecule has 3 N–H and O–H groups in total. The normalized spacial score (nSPS) is 13.0. The first-order valence-corrected chi connectivity index (χ1v) is 4.77. The van der Waals surface area contributed by atoms with Gasteiger partial charge in [0.05, 0.1) is 13.2 Å². The topological polar surface area (TPSA) is 105 Å². The number of nitrogens with one attached hydrogen (secondary N) is 1. The van der Waals surface area contributed by atoms with E-state index in [1.165, 1.54) is 12.3 Å². The van der Waals surface area contributed by atoms with Crippen LogP contribution in [-0.2, 0) is 4.74 Å². The van der Waals surface area contributed by atoms with Crippen LogP contribution in [0.5, 0.6) is 0 Å². The number of aromatic amines is 1. The molecule has 0 saturated heterocycles. The van der Waals surface area contributed by atoms with Crippen molar-refractivity contribution in [3.63, 3.8) is 0 Å². The van der Waals surface area contributed by atoms with E-state index in [2.05, 4.69) is 4.98 Å². The molecule has 0 aromatic carbocycles. The fourth-order valence-electron chi connectivity index (χ4n) is 1.20. The van der Waals surface area contributed by atoms with Gasteiger partial charge >= 0.3 is 5.69 Å². The van der Waals surface area contributed by atoms with Crippen LogP contribution >= 0.6 is 0 Å². The van der Waals surface area contributed by atoms with Crippen molar-refractivity contribution in [2.45, 2.75) is 19.3 Å². The predicted molar refractivity (Wildman–Crippen MR) is 55.1 cm³/mol. The zero-order valence-electron chi connectivity index (χ0n) is 8.79. The molecule has 90 valence electrons. The number of ether oxygens (including phenoxy) is 1. The number of aromatic nitrogens is 2. The van der Waals surface area contributed by atoms with E-state index in [4.69, 9.17) is 14.9 Å². The van der Waals surface area contributed by atoms with Crippen molar-refractivity contribution in [2.24, 2.45) is 0 Å². The van der Waals surface area contributed by atoms with Crippen molar-refractivity contribution in [3.8, 4) is 0 Å². The van der Waals surface area contributed by atoms with E-state index >= 15 is 0 Å². The van der Waals surface area contributed by atoms with Crippen LogP contribution in [0.3, 0.4) is 0 Å². The Morgan fingerprint density at radius 2 is 2.06 bits per heavy atom. The Hall–Kier alpha value is -1.44. The minimum atomic E-state index is -0.756. The zero-order valence-corrected chi connectivity index (χ0v) is 8.79. The SMILES string of the molecule is CC(OC(CO)CO)n1ccc(=O)[nH]c1=O. The van der Waals surface area contributed by atoms with E-state index in [1.54, 1.807) is 6.92 Å². The minimum Gasteiger partial charge on any atom is -0.394 e. The van der Waals surface area contributed by atoms with Crippen LogP contribution in [0.4, 0.5) is 0 Å². The quantitative estimate of drug-likeness (QED) is 0.566. The summed E-state index contributed by atoms with van der Waals surface area (Å²) in [5.74, 6) is 0. The first-order chi connectivity index (χ1) is 7.58. The smallest absolute Gasteiger partial charge is 0.330 e. The average Bonchev–Trinajstić information content (AvgIpc) is 2.25. The number of hydrogen-bond donors (Lipinski definition) is 3. The lowest BCUT2D eigenvalue weighted by atomic mass is 10.4. The van der Waals surface area contributed by atoms with Crippen LogP contribution in [0.25, 0.3) is 0 Å². The Kier molecular flexibility index (Phi) is 4.41. The van der Waals surface area contributed by atoms with Gasteiger partial charge in [-0.3, -0.25) is 14.3 Å². The van der Waals surface area contributed by atoms with Gasteiger partial charge in [-0.2, -0.15) is 0 Å². The molecule has 1 atom stereocenters. The van der Waals surface area contributed by atoms with Crippen molar-refractivity contribution in [3.05, 3.63) is 33.1 Å². The molecular formula is C9H14N2O5. The molecule has 1 heterocycles. The van der Waals surface area contributed by atoms with Crippen molar-refractivity contribution in [1.82, 2.24) is 9.55 Å². The third kappa shape index (κ3) is 3.02. The lowest BCUT2D eigenvalue weighted by molar-refractivity contribution is -0.0870. The predicted octanol–water partition coefficient (Wildman–Crippen LogP) is -1.58. The van der Waals surface area contributed by atoms with Gasteiger partial charge in [-0.05, 0) is 6.92 Å². The highest BCUT2D eigenvalue weighted by molar-refractivity contribution is 4.83. The second kappa shape index (κ2) is 5.59. The molecule has 0 bridgehead atoms. The highest BCUT2D eigenvalue weighted by Gasteiger charge is 2.13. The Labute approximate surface area is 90.9 Å². The number of hydrogen-bond acceptors (Lipinski definition) is 5.